The molecule has 0 amide bonds. The van der Waals surface area contributed by atoms with E-state index in [-0.39, 0.29) is 22.7 Å². The number of nitrogens with one attached hydrogen (secondary N) is 1. The predicted molar refractivity (Wildman–Crippen MR) is 79.3 cm³/mol. The summed E-state index contributed by atoms with van der Waals surface area (Å²) in [6.07, 6.45) is 0. The fraction of sp³-hybridized carbons (Fsp3) is 0.133. The van der Waals surface area contributed by atoms with E-state index < -0.39 is 10.9 Å². The summed E-state index contributed by atoms with van der Waals surface area (Å²) in [5.74, 6) is -0.625. The van der Waals surface area contributed by atoms with Gasteiger partial charge in [-0.3, -0.25) is 10.1 Å². The number of non-ortho nitro benzene ring substituents is 1. The molecular formula is C15H12N2O5. The van der Waals surface area contributed by atoms with E-state index in [2.05, 4.69) is 5.32 Å². The number of rotatable bonds is 2. The van der Waals surface area contributed by atoms with Crippen LogP contribution in [0.4, 0.5) is 17.1 Å². The van der Waals surface area contributed by atoms with Gasteiger partial charge >= 0.3 is 5.97 Å². The second kappa shape index (κ2) is 4.73. The zero-order valence-electron chi connectivity index (χ0n) is 11.8. The molecule has 2 aromatic rings. The van der Waals surface area contributed by atoms with Crippen LogP contribution in [-0.4, -0.2) is 16.0 Å². The highest BCUT2D eigenvalue weighted by Crippen LogP contribution is 2.47. The Bertz CT molecular complexity index is 829. The average Bonchev–Trinajstić information content (AvgIpc) is 2.48. The Hall–Kier alpha value is -3.09. The monoisotopic (exact) mass is 300 g/mol. The Morgan fingerprint density at radius 1 is 1.23 bits per heavy atom. The fourth-order valence-electron chi connectivity index (χ4n) is 2.36. The molecule has 3 rings (SSSR count). The minimum Gasteiger partial charge on any atom is -0.478 e. The van der Waals surface area contributed by atoms with E-state index in [0.29, 0.717) is 11.4 Å². The SMILES string of the molecule is Cc1ccc2c(c1C)Nc1c(cc([N+](=O)[O-])cc1C(=O)O)O2. The number of nitrogens with zero attached hydrogens (tertiary/aromatic N) is 1. The molecule has 0 atom stereocenters. The lowest BCUT2D eigenvalue weighted by Crippen LogP contribution is -2.11. The van der Waals surface area contributed by atoms with Crippen molar-refractivity contribution in [2.75, 3.05) is 5.32 Å². The molecule has 0 radical (unpaired) electrons. The Morgan fingerprint density at radius 3 is 2.59 bits per heavy atom. The number of carbonyl (C=O) groups is 1. The maximum absolute atomic E-state index is 11.4. The Balaban J connectivity index is 2.21. The molecule has 0 fully saturated rings. The second-order valence-corrected chi connectivity index (χ2v) is 5.04. The number of carboxylic acid groups (broad SMARTS) is 1. The topological polar surface area (TPSA) is 102 Å². The molecule has 22 heavy (non-hydrogen) atoms. The summed E-state index contributed by atoms with van der Waals surface area (Å²) >= 11 is 0. The van der Waals surface area contributed by atoms with Gasteiger partial charge in [-0.2, -0.15) is 0 Å². The zero-order chi connectivity index (χ0) is 16.0. The first-order valence-electron chi connectivity index (χ1n) is 6.49. The van der Waals surface area contributed by atoms with Crippen molar-refractivity contribution in [3.8, 4) is 11.5 Å². The van der Waals surface area contributed by atoms with Crippen LogP contribution < -0.4 is 10.1 Å². The molecule has 1 heterocycles. The van der Waals surface area contributed by atoms with Crippen molar-refractivity contribution in [2.45, 2.75) is 13.8 Å². The molecule has 0 spiro atoms. The van der Waals surface area contributed by atoms with Gasteiger partial charge in [-0.25, -0.2) is 4.79 Å². The molecule has 112 valence electrons. The van der Waals surface area contributed by atoms with Crippen molar-refractivity contribution in [1.82, 2.24) is 0 Å². The van der Waals surface area contributed by atoms with Crippen molar-refractivity contribution < 1.29 is 19.6 Å². The van der Waals surface area contributed by atoms with E-state index >= 15 is 0 Å². The molecule has 0 saturated heterocycles. The third-order valence-corrected chi connectivity index (χ3v) is 3.70. The standard InChI is InChI=1S/C15H12N2O5/c1-7-3-4-11-13(8(7)2)16-14-10(15(18)19)5-9(17(20)21)6-12(14)22-11/h3-6,16H,1-2H3,(H,18,19). The molecule has 0 bridgehead atoms. The second-order valence-electron chi connectivity index (χ2n) is 5.04. The number of aryl methyl sites for hydroxylation is 1. The molecule has 1 aliphatic heterocycles. The van der Waals surface area contributed by atoms with Gasteiger partial charge in [-0.15, -0.1) is 0 Å². The molecule has 0 aliphatic carbocycles. The molecule has 7 nitrogen and oxygen atoms in total. The van der Waals surface area contributed by atoms with Crippen LogP contribution in [0.1, 0.15) is 21.5 Å². The maximum atomic E-state index is 11.4. The Morgan fingerprint density at radius 2 is 1.95 bits per heavy atom. The summed E-state index contributed by atoms with van der Waals surface area (Å²) < 4.78 is 5.66. The van der Waals surface area contributed by atoms with Gasteiger partial charge in [0, 0.05) is 6.07 Å². The number of hydrogen-bond donors (Lipinski definition) is 2. The van der Waals surface area contributed by atoms with Crippen LogP contribution in [0.2, 0.25) is 0 Å². The van der Waals surface area contributed by atoms with Crippen molar-refractivity contribution in [3.05, 3.63) is 51.1 Å². The third-order valence-electron chi connectivity index (χ3n) is 3.70. The van der Waals surface area contributed by atoms with Crippen LogP contribution in [0.25, 0.3) is 0 Å². The zero-order valence-corrected chi connectivity index (χ0v) is 11.8. The number of aromatic carboxylic acids is 1. The first-order valence-corrected chi connectivity index (χ1v) is 6.49. The summed E-state index contributed by atoms with van der Waals surface area (Å²) in [5, 5.41) is 23.3. The maximum Gasteiger partial charge on any atom is 0.338 e. The van der Waals surface area contributed by atoms with Crippen molar-refractivity contribution >= 4 is 23.0 Å². The lowest BCUT2D eigenvalue weighted by Gasteiger charge is -2.25. The number of nitro groups is 1. The first-order chi connectivity index (χ1) is 10.4. The number of benzene rings is 2. The minimum atomic E-state index is -1.26. The molecule has 1 aliphatic rings. The normalized spacial score (nSPS) is 11.7. The minimum absolute atomic E-state index is 0.127. The molecule has 0 saturated carbocycles. The lowest BCUT2D eigenvalue weighted by atomic mass is 10.0. The van der Waals surface area contributed by atoms with Gasteiger partial charge < -0.3 is 15.2 Å². The van der Waals surface area contributed by atoms with Gasteiger partial charge in [0.25, 0.3) is 5.69 Å². The third kappa shape index (κ3) is 2.03. The van der Waals surface area contributed by atoms with Crippen molar-refractivity contribution in [2.24, 2.45) is 0 Å². The summed E-state index contributed by atoms with van der Waals surface area (Å²) in [5.41, 5.74) is 2.32. The summed E-state index contributed by atoms with van der Waals surface area (Å²) in [6.45, 7) is 3.82. The summed E-state index contributed by atoms with van der Waals surface area (Å²) in [6, 6.07) is 5.85. The number of fused-ring (bicyclic) bond motifs is 2. The van der Waals surface area contributed by atoms with Gasteiger partial charge in [-0.1, -0.05) is 6.07 Å². The summed E-state index contributed by atoms with van der Waals surface area (Å²) in [7, 11) is 0. The van der Waals surface area contributed by atoms with E-state index in [1.165, 1.54) is 6.07 Å². The lowest BCUT2D eigenvalue weighted by molar-refractivity contribution is -0.384. The van der Waals surface area contributed by atoms with Crippen LogP contribution >= 0.6 is 0 Å². The molecule has 2 N–H and O–H groups in total. The number of nitro benzene ring substituents is 1. The highest BCUT2D eigenvalue weighted by atomic mass is 16.6. The molecule has 0 unspecified atom stereocenters. The van der Waals surface area contributed by atoms with Crippen LogP contribution in [0.5, 0.6) is 11.5 Å². The van der Waals surface area contributed by atoms with E-state index in [1.807, 2.05) is 19.9 Å². The molecule has 7 heteroatoms. The van der Waals surface area contributed by atoms with Crippen LogP contribution in [0, 0.1) is 24.0 Å². The van der Waals surface area contributed by atoms with Crippen molar-refractivity contribution in [3.63, 3.8) is 0 Å². The van der Waals surface area contributed by atoms with Gasteiger partial charge in [0.15, 0.2) is 11.5 Å². The Kier molecular flexibility index (Phi) is 2.98. The summed E-state index contributed by atoms with van der Waals surface area (Å²) in [4.78, 5) is 21.7. The number of hydrogen-bond acceptors (Lipinski definition) is 5. The van der Waals surface area contributed by atoms with E-state index in [1.54, 1.807) is 6.07 Å². The highest BCUT2D eigenvalue weighted by Gasteiger charge is 2.27. The predicted octanol–water partition coefficient (Wildman–Crippen LogP) is 3.76. The molecule has 0 aromatic heterocycles. The first kappa shape index (κ1) is 13.9. The quantitative estimate of drug-likeness (QED) is 0.552. The number of anilines is 2. The highest BCUT2D eigenvalue weighted by molar-refractivity contribution is 5.99. The van der Waals surface area contributed by atoms with Crippen LogP contribution in [0.3, 0.4) is 0 Å². The fourth-order valence-corrected chi connectivity index (χ4v) is 2.36. The van der Waals surface area contributed by atoms with Gasteiger partial charge in [0.1, 0.15) is 0 Å². The van der Waals surface area contributed by atoms with E-state index in [4.69, 9.17) is 4.74 Å². The van der Waals surface area contributed by atoms with Gasteiger partial charge in [0.2, 0.25) is 0 Å². The van der Waals surface area contributed by atoms with Crippen LogP contribution in [-0.2, 0) is 0 Å². The van der Waals surface area contributed by atoms with Gasteiger partial charge in [-0.05, 0) is 31.0 Å². The Labute approximate surface area is 125 Å². The molecule has 2 aromatic carbocycles. The van der Waals surface area contributed by atoms with Crippen LogP contribution in [0.15, 0.2) is 24.3 Å². The average molecular weight is 300 g/mol. The smallest absolute Gasteiger partial charge is 0.338 e. The number of ether oxygens (including phenoxy) is 1. The van der Waals surface area contributed by atoms with Crippen molar-refractivity contribution in [1.29, 1.82) is 0 Å². The van der Waals surface area contributed by atoms with E-state index in [0.717, 1.165) is 17.2 Å². The molecular weight excluding hydrogens is 288 g/mol. The van der Waals surface area contributed by atoms with Gasteiger partial charge in [0.05, 0.1) is 27.9 Å². The van der Waals surface area contributed by atoms with E-state index in [9.17, 15) is 20.0 Å². The number of carboxylic acids is 1. The largest absolute Gasteiger partial charge is 0.478 e.